The molecule has 0 aromatic heterocycles. The summed E-state index contributed by atoms with van der Waals surface area (Å²) in [5.41, 5.74) is 0. The van der Waals surface area contributed by atoms with Crippen LogP contribution in [0, 0.1) is 0 Å². The van der Waals surface area contributed by atoms with Crippen molar-refractivity contribution in [3.8, 4) is 0 Å². The molecule has 15 saturated heterocycles. The van der Waals surface area contributed by atoms with E-state index in [0.29, 0.717) is 0 Å². The zero-order valence-corrected chi connectivity index (χ0v) is 77.2. The number of aliphatic hydroxyl groups is 14. The molecule has 56 nitrogen and oxygen atoms in total. The normalized spacial score (nSPS) is 37.9. The Bertz CT molecular complexity index is 4270. The Balaban J connectivity index is 1.30. The number of unbranched alkanes of at least 4 members (excludes halogenated alkanes) is 7. The van der Waals surface area contributed by atoms with Gasteiger partial charge < -0.3 is 171 Å². The number of aliphatic hydroxyl groups excluding tert-OH is 14. The summed E-state index contributed by atoms with van der Waals surface area (Å²) in [5, 5.41) is 168. The van der Waals surface area contributed by atoms with Crippen molar-refractivity contribution in [2.75, 3.05) is 133 Å². The lowest BCUT2D eigenvalue weighted by Gasteiger charge is -2.51. The Morgan fingerprint density at radius 1 is 0.173 bits per heavy atom. The molecule has 21 N–H and O–H groups in total. The van der Waals surface area contributed by atoms with Crippen LogP contribution < -0.4 is 0 Å². The molecule has 0 radical (unpaired) electrons. The van der Waals surface area contributed by atoms with E-state index in [0.717, 1.165) is 0 Å². The quantitative estimate of drug-likeness (QED) is 0.0199. The summed E-state index contributed by atoms with van der Waals surface area (Å²) < 4.78 is 365. The molecule has 15 heterocycles. The number of ether oxygens (including phenoxy) is 21. The molecule has 63 heteroatoms. The standard InChI is InChI=1S/C70H126O56S7/c71-29-36-50-43(78)60(109-18-4-11-25-130(94,95)96)67(116-36)121-51-37(30-72)117-68(61(44(51)79)110-19-5-12-26-131(97,98)99)122-52-38(31-73)118-69(62(45(52)80)111-20-6-13-27-132(100,101)102)123-53-39(32-74)119-70(63(46(53)81)112-21-7-14-28-133(103,104)105)126-56-42(35-77)115-66(49(84)59(56)108-17-3-10-24-129(91,92)93)125-55-41(34-76)114-65(48(83)58(55)107-16-2-9-23-128(88,89)90)124-54-40(33-75)113-64(120-50)47(82)57(54)106-15-1-8-22-127(85,86)87/h36-84H,1-35H2,(H,85,86,87)(H,88,89,90)(H,91,92,93)(H,94,95,96)(H,97,98,99)(H,100,101,102)(H,103,104,105)/t36-,37-,38-,39-,40+,41+,42+,43+,44+,45+,46+,47+,48+,49+,50-,51-,52-,53-,54+,55+,56+,57+,58+,59+,60-,61-,62-,63-,64+,65+,66+,67-,68-,69-,70-/m1/s1. The van der Waals surface area contributed by atoms with E-state index < -0.39 is 419 Å². The molecule has 0 aromatic rings. The molecule has 133 heavy (non-hydrogen) atoms. The van der Waals surface area contributed by atoms with E-state index in [2.05, 4.69) is 0 Å². The Morgan fingerprint density at radius 3 is 0.474 bits per heavy atom. The van der Waals surface area contributed by atoms with E-state index >= 15 is 0 Å². The van der Waals surface area contributed by atoms with E-state index in [1.807, 2.05) is 0 Å². The van der Waals surface area contributed by atoms with Crippen molar-refractivity contribution in [2.24, 2.45) is 0 Å². The van der Waals surface area contributed by atoms with Crippen molar-refractivity contribution in [3.05, 3.63) is 0 Å². The third-order valence-corrected chi connectivity index (χ3v) is 28.0. The maximum atomic E-state index is 12.8. The molecule has 15 fully saturated rings. The largest absolute Gasteiger partial charge is 0.394 e. The molecular weight excluding hydrogens is 1960 g/mol. The third-order valence-electron chi connectivity index (χ3n) is 22.4. The van der Waals surface area contributed by atoms with Crippen LogP contribution in [0.4, 0.5) is 0 Å². The summed E-state index contributed by atoms with van der Waals surface area (Å²) in [7, 11) is -32.5. The van der Waals surface area contributed by atoms with Crippen LogP contribution in [0.15, 0.2) is 0 Å². The molecule has 15 rings (SSSR count). The van der Waals surface area contributed by atoms with Crippen LogP contribution in [-0.4, -0.2) is 510 Å². The van der Waals surface area contributed by atoms with Crippen LogP contribution in [0.1, 0.15) is 89.9 Å². The second-order valence-electron chi connectivity index (χ2n) is 32.5. The first kappa shape index (κ1) is 116. The van der Waals surface area contributed by atoms with Crippen molar-refractivity contribution in [1.82, 2.24) is 0 Å². The first-order chi connectivity index (χ1) is 62.4. The molecule has 0 aromatic carbocycles. The summed E-state index contributed by atoms with van der Waals surface area (Å²) in [4.78, 5) is 0. The van der Waals surface area contributed by atoms with Gasteiger partial charge in [-0.05, 0) is 89.9 Å². The summed E-state index contributed by atoms with van der Waals surface area (Å²) in [6.45, 7) is -12.9. The zero-order chi connectivity index (χ0) is 98.3. The van der Waals surface area contributed by atoms with Crippen molar-refractivity contribution in [3.63, 3.8) is 0 Å². The van der Waals surface area contributed by atoms with Gasteiger partial charge in [0.15, 0.2) is 44.0 Å². The average molecular weight is 2090 g/mol. The SMILES string of the molecule is O=S(=O)(O)CCCCO[C@H]1[C@H]2O[C@H]3[C@H](O)[C@@H](OCCCCS(=O)(=O)O)[C@@H](O[C@H]4[C@H](O)[C@@H](OCCCCS(=O)(=O)O)[C@@H](O[C@H]5[C@H](O)[C@@H](OCCCCS(=O)(=O)O)[C@@H](O[C@@H]6[C@@H](OCCCCS(=O)(=O)O)[C@H](O)[C@H](O[C@@H]7[C@@H](OCCCCS(=O)(=O)O)[C@H](O)[C@H](O[C@@H]8[C@@H](OCCCCS(=O)(=O)O)[C@H](O)[C@H](O[C@@H]([C@@H]1O)[C@@H](CO)O2)O[C@H]8CO)O[C@H]7CO)O[C@H]6CO)O[C@@H]5CO)O[C@@H]4CO)O[C@@H]3CO. The Morgan fingerprint density at radius 2 is 0.308 bits per heavy atom. The molecule has 15 aliphatic heterocycles. The third kappa shape index (κ3) is 36.1. The van der Waals surface area contributed by atoms with Gasteiger partial charge in [0, 0.05) is 46.2 Å². The minimum Gasteiger partial charge on any atom is -0.394 e. The van der Waals surface area contributed by atoms with Crippen LogP contribution in [-0.2, 0) is 170 Å². The van der Waals surface area contributed by atoms with Gasteiger partial charge in [-0.1, -0.05) is 0 Å². The van der Waals surface area contributed by atoms with Crippen LogP contribution in [0.5, 0.6) is 0 Å². The summed E-state index contributed by atoms with van der Waals surface area (Å²) >= 11 is 0. The van der Waals surface area contributed by atoms with Crippen molar-refractivity contribution in [1.29, 1.82) is 0 Å². The van der Waals surface area contributed by atoms with Gasteiger partial charge in [0.1, 0.15) is 171 Å². The van der Waals surface area contributed by atoms with E-state index in [1.165, 1.54) is 0 Å². The minimum absolute atomic E-state index is 0.280. The van der Waals surface area contributed by atoms with Crippen LogP contribution >= 0.6 is 0 Å². The van der Waals surface area contributed by atoms with Gasteiger partial charge >= 0.3 is 0 Å². The van der Waals surface area contributed by atoms with Gasteiger partial charge in [-0.3, -0.25) is 31.9 Å². The maximum Gasteiger partial charge on any atom is 0.264 e. The molecular formula is C70H126O56S7. The number of hydrogen-bond acceptors (Lipinski definition) is 49. The molecule has 0 spiro atoms. The number of rotatable bonds is 49. The highest BCUT2D eigenvalue weighted by Gasteiger charge is 2.62. The highest BCUT2D eigenvalue weighted by atomic mass is 32.2. The van der Waals surface area contributed by atoms with Crippen LogP contribution in [0.2, 0.25) is 0 Å². The highest BCUT2D eigenvalue weighted by molar-refractivity contribution is 7.87. The lowest BCUT2D eigenvalue weighted by molar-refractivity contribution is -0.402. The fourth-order valence-corrected chi connectivity index (χ4v) is 19.8. The van der Waals surface area contributed by atoms with Gasteiger partial charge in [0.25, 0.3) is 70.8 Å². The second-order valence-corrected chi connectivity index (χ2v) is 43.5. The molecule has 0 saturated carbocycles. The van der Waals surface area contributed by atoms with E-state index in [9.17, 15) is 162 Å². The van der Waals surface area contributed by atoms with E-state index in [-0.39, 0.29) is 89.9 Å². The van der Waals surface area contributed by atoms with Gasteiger partial charge in [0.05, 0.1) is 86.5 Å². The van der Waals surface area contributed by atoms with Gasteiger partial charge in [-0.15, -0.1) is 0 Å². The molecule has 15 aliphatic rings. The van der Waals surface area contributed by atoms with Crippen LogP contribution in [0.25, 0.3) is 0 Å². The number of fused-ring (bicyclic) bond motifs is 7. The van der Waals surface area contributed by atoms with E-state index in [1.54, 1.807) is 0 Å². The van der Waals surface area contributed by atoms with Crippen molar-refractivity contribution in [2.45, 2.75) is 305 Å². The van der Waals surface area contributed by atoms with Gasteiger partial charge in [-0.2, -0.15) is 58.9 Å². The molecule has 0 aliphatic carbocycles. The summed E-state index contributed by atoms with van der Waals surface area (Å²) in [6, 6.07) is 0. The Hall–Kier alpha value is -2.03. The predicted octanol–water partition coefficient (Wildman–Crippen LogP) is -10.4. The average Bonchev–Trinajstić information content (AvgIpc) is 0.935. The first-order valence-corrected chi connectivity index (χ1v) is 53.9. The highest BCUT2D eigenvalue weighted by Crippen LogP contribution is 2.42. The predicted molar refractivity (Wildman–Crippen MR) is 434 cm³/mol. The Labute approximate surface area is 766 Å². The first-order valence-electron chi connectivity index (χ1n) is 42.6. The monoisotopic (exact) mass is 2090 g/mol. The second kappa shape index (κ2) is 53.5. The van der Waals surface area contributed by atoms with Crippen molar-refractivity contribution < 1.29 is 262 Å². The topological polar surface area (TPSA) is 858 Å². The van der Waals surface area contributed by atoms with Crippen LogP contribution in [0.3, 0.4) is 0 Å². The van der Waals surface area contributed by atoms with Gasteiger partial charge in [-0.25, -0.2) is 0 Å². The molecule has 0 unspecified atom stereocenters. The lowest BCUT2D eigenvalue weighted by Crippen LogP contribution is -2.69. The summed E-state index contributed by atoms with van der Waals surface area (Å²) in [5.74, 6) is -5.98. The molecule has 0 amide bonds. The maximum absolute atomic E-state index is 12.8. The molecule has 35 atom stereocenters. The zero-order valence-electron chi connectivity index (χ0n) is 71.5. The fourth-order valence-electron chi connectivity index (χ4n) is 15.8. The lowest BCUT2D eigenvalue weighted by atomic mass is 9.94. The molecule has 14 bridgehead atoms. The van der Waals surface area contributed by atoms with Crippen molar-refractivity contribution >= 4 is 70.8 Å². The Kier molecular flexibility index (Phi) is 46.8. The number of hydrogen-bond donors (Lipinski definition) is 21. The van der Waals surface area contributed by atoms with E-state index in [4.69, 9.17) is 99.5 Å². The summed E-state index contributed by atoms with van der Waals surface area (Å²) in [6.07, 6.45) is -78.9. The van der Waals surface area contributed by atoms with Gasteiger partial charge in [0.2, 0.25) is 0 Å². The fraction of sp³-hybridized carbons (Fsp3) is 1.00. The minimum atomic E-state index is -4.65. The smallest absolute Gasteiger partial charge is 0.264 e. The molecule has 784 valence electrons.